The topological polar surface area (TPSA) is 81.8 Å². The summed E-state index contributed by atoms with van der Waals surface area (Å²) in [4.78, 5) is 40.8. The van der Waals surface area contributed by atoms with Crippen LogP contribution in [0.5, 0.6) is 0 Å². The molecule has 3 rings (SSSR count). The molecular formula is C24H28Cl2N4O3. The van der Waals surface area contributed by atoms with Crippen LogP contribution in [-0.2, 0) is 16.1 Å². The van der Waals surface area contributed by atoms with Crippen molar-refractivity contribution in [2.45, 2.75) is 25.8 Å². The normalized spacial score (nSPS) is 13.4. The lowest BCUT2D eigenvalue weighted by molar-refractivity contribution is -0.132. The maximum Gasteiger partial charge on any atom is 0.253 e. The highest BCUT2D eigenvalue weighted by Crippen LogP contribution is 2.25. The van der Waals surface area contributed by atoms with Crippen molar-refractivity contribution in [2.24, 2.45) is 0 Å². The van der Waals surface area contributed by atoms with Gasteiger partial charge in [0.25, 0.3) is 5.91 Å². The lowest BCUT2D eigenvalue weighted by Gasteiger charge is -2.31. The van der Waals surface area contributed by atoms with Gasteiger partial charge in [-0.25, -0.2) is 0 Å². The van der Waals surface area contributed by atoms with Gasteiger partial charge in [-0.15, -0.1) is 0 Å². The van der Waals surface area contributed by atoms with E-state index < -0.39 is 11.8 Å². The van der Waals surface area contributed by atoms with Gasteiger partial charge in [-0.2, -0.15) is 0 Å². The average Bonchev–Trinajstić information content (AvgIpc) is 2.81. The van der Waals surface area contributed by atoms with E-state index in [-0.39, 0.29) is 29.6 Å². The van der Waals surface area contributed by atoms with Crippen molar-refractivity contribution in [3.63, 3.8) is 0 Å². The first kappa shape index (κ1) is 24.9. The summed E-state index contributed by atoms with van der Waals surface area (Å²) in [6.07, 6.45) is 3.61. The molecule has 33 heavy (non-hydrogen) atoms. The number of nitrogens with zero attached hydrogens (tertiary/aromatic N) is 2. The van der Waals surface area contributed by atoms with Gasteiger partial charge in [-0.05, 0) is 49.1 Å². The third-order valence-corrected chi connectivity index (χ3v) is 6.09. The molecule has 0 spiro atoms. The minimum atomic E-state index is -0.496. The molecule has 2 aromatic rings. The van der Waals surface area contributed by atoms with E-state index in [1.807, 2.05) is 18.2 Å². The molecule has 1 aliphatic rings. The largest absolute Gasteiger partial charge is 0.371 e. The minimum Gasteiger partial charge on any atom is -0.371 e. The molecule has 7 nitrogen and oxygen atoms in total. The molecule has 9 heteroatoms. The number of rotatable bonds is 8. The molecular weight excluding hydrogens is 463 g/mol. The fourth-order valence-corrected chi connectivity index (χ4v) is 4.23. The fraction of sp³-hybridized carbons (Fsp3) is 0.375. The molecule has 0 saturated carbocycles. The van der Waals surface area contributed by atoms with Crippen LogP contribution in [0.25, 0.3) is 0 Å². The molecule has 1 aliphatic heterocycles. The number of piperidine rings is 1. The molecule has 2 aromatic carbocycles. The Morgan fingerprint density at radius 1 is 0.970 bits per heavy atom. The van der Waals surface area contributed by atoms with Crippen molar-refractivity contribution < 1.29 is 14.4 Å². The number of benzene rings is 2. The van der Waals surface area contributed by atoms with Crippen molar-refractivity contribution in [3.8, 4) is 0 Å². The zero-order chi connectivity index (χ0) is 23.8. The number of anilines is 1. The van der Waals surface area contributed by atoms with E-state index in [4.69, 9.17) is 23.2 Å². The number of likely N-dealkylation sites (N-methyl/N-ethyl adjacent to an activating group) is 1. The highest BCUT2D eigenvalue weighted by molar-refractivity contribution is 6.36. The predicted molar refractivity (Wildman–Crippen MR) is 131 cm³/mol. The van der Waals surface area contributed by atoms with Gasteiger partial charge in [-0.3, -0.25) is 14.4 Å². The Morgan fingerprint density at radius 3 is 2.42 bits per heavy atom. The van der Waals surface area contributed by atoms with Gasteiger partial charge in [0.05, 0.1) is 23.7 Å². The minimum absolute atomic E-state index is 0.154. The highest BCUT2D eigenvalue weighted by Gasteiger charge is 2.18. The second-order valence-electron chi connectivity index (χ2n) is 8.01. The molecule has 0 aromatic heterocycles. The van der Waals surface area contributed by atoms with Gasteiger partial charge >= 0.3 is 0 Å². The van der Waals surface area contributed by atoms with Gasteiger partial charge < -0.3 is 20.4 Å². The van der Waals surface area contributed by atoms with Crippen molar-refractivity contribution in [2.75, 3.05) is 38.1 Å². The second-order valence-corrected chi connectivity index (χ2v) is 8.85. The van der Waals surface area contributed by atoms with Crippen LogP contribution in [0.2, 0.25) is 10.0 Å². The van der Waals surface area contributed by atoms with Crippen LogP contribution < -0.4 is 15.5 Å². The summed E-state index contributed by atoms with van der Waals surface area (Å²) >= 11 is 11.8. The summed E-state index contributed by atoms with van der Waals surface area (Å²) in [5.41, 5.74) is 2.45. The van der Waals surface area contributed by atoms with Crippen molar-refractivity contribution in [1.82, 2.24) is 15.5 Å². The van der Waals surface area contributed by atoms with Crippen LogP contribution in [0.4, 0.5) is 5.69 Å². The molecule has 1 saturated heterocycles. The smallest absolute Gasteiger partial charge is 0.253 e. The summed E-state index contributed by atoms with van der Waals surface area (Å²) in [7, 11) is 1.71. The van der Waals surface area contributed by atoms with Crippen molar-refractivity contribution in [3.05, 3.63) is 63.6 Å². The van der Waals surface area contributed by atoms with Crippen LogP contribution in [0.15, 0.2) is 42.5 Å². The molecule has 0 unspecified atom stereocenters. The number of amides is 3. The van der Waals surface area contributed by atoms with Gasteiger partial charge in [0.15, 0.2) is 0 Å². The molecule has 2 N–H and O–H groups in total. The van der Waals surface area contributed by atoms with Crippen LogP contribution in [0.1, 0.15) is 35.2 Å². The molecule has 176 valence electrons. The maximum absolute atomic E-state index is 12.6. The zero-order valence-corrected chi connectivity index (χ0v) is 20.1. The summed E-state index contributed by atoms with van der Waals surface area (Å²) in [6, 6.07) is 12.6. The quantitative estimate of drug-likeness (QED) is 0.593. The van der Waals surface area contributed by atoms with Crippen LogP contribution in [-0.4, -0.2) is 55.8 Å². The standard InChI is InChI=1S/C24H28Cl2N4O3/c1-29(16-17-7-3-4-8-21(17)30-11-5-2-6-12-30)23(32)15-27-22(31)14-28-24(33)19-10-9-18(25)13-20(19)26/h3-4,7-10,13H,2,5-6,11-12,14-16H2,1H3,(H,27,31)(H,28,33). The number of halogens is 2. The SMILES string of the molecule is CN(Cc1ccccc1N1CCCCC1)C(=O)CNC(=O)CNC(=O)c1ccc(Cl)cc1Cl. The average molecular weight is 491 g/mol. The van der Waals surface area contributed by atoms with Gasteiger partial charge in [0.1, 0.15) is 0 Å². The third-order valence-electron chi connectivity index (χ3n) is 5.54. The highest BCUT2D eigenvalue weighted by atomic mass is 35.5. The lowest BCUT2D eigenvalue weighted by atomic mass is 10.1. The molecule has 0 aliphatic carbocycles. The van der Waals surface area contributed by atoms with Crippen LogP contribution >= 0.6 is 23.2 Å². The Hall–Kier alpha value is -2.77. The molecule has 1 fully saturated rings. The molecule has 0 bridgehead atoms. The number of carbonyl (C=O) groups excluding carboxylic acids is 3. The molecule has 0 atom stereocenters. The maximum atomic E-state index is 12.6. The number of hydrogen-bond acceptors (Lipinski definition) is 4. The Kier molecular flexibility index (Phi) is 8.97. The summed E-state index contributed by atoms with van der Waals surface area (Å²) in [5.74, 6) is -1.18. The first-order chi connectivity index (χ1) is 15.8. The van der Waals surface area contributed by atoms with Gasteiger partial charge in [-0.1, -0.05) is 41.4 Å². The Morgan fingerprint density at radius 2 is 1.70 bits per heavy atom. The summed E-state index contributed by atoms with van der Waals surface area (Å²) in [6.45, 7) is 2.08. The Balaban J connectivity index is 1.46. The number of hydrogen-bond donors (Lipinski definition) is 2. The van der Waals surface area contributed by atoms with Crippen LogP contribution in [0.3, 0.4) is 0 Å². The number of nitrogens with one attached hydrogen (secondary N) is 2. The zero-order valence-electron chi connectivity index (χ0n) is 18.6. The van der Waals surface area contributed by atoms with E-state index in [1.165, 1.54) is 31.4 Å². The fourth-order valence-electron chi connectivity index (χ4n) is 3.73. The summed E-state index contributed by atoms with van der Waals surface area (Å²) < 4.78 is 0. The van der Waals surface area contributed by atoms with E-state index >= 15 is 0 Å². The summed E-state index contributed by atoms with van der Waals surface area (Å²) in [5, 5.41) is 5.64. The van der Waals surface area contributed by atoms with Gasteiger partial charge in [0.2, 0.25) is 11.8 Å². The van der Waals surface area contributed by atoms with Crippen LogP contribution in [0, 0.1) is 0 Å². The van der Waals surface area contributed by atoms with E-state index in [0.29, 0.717) is 11.6 Å². The number of para-hydroxylation sites is 1. The molecule has 1 heterocycles. The first-order valence-corrected chi connectivity index (χ1v) is 11.7. The van der Waals surface area contributed by atoms with Gasteiger partial charge in [0, 0.05) is 37.4 Å². The Bertz CT molecular complexity index is 1010. The Labute approximate surface area is 204 Å². The lowest BCUT2D eigenvalue weighted by Crippen LogP contribution is -2.42. The monoisotopic (exact) mass is 490 g/mol. The van der Waals surface area contributed by atoms with Crippen molar-refractivity contribution in [1.29, 1.82) is 0 Å². The first-order valence-electron chi connectivity index (χ1n) is 10.9. The molecule has 0 radical (unpaired) electrons. The second kappa shape index (κ2) is 11.9. The molecule has 3 amide bonds. The van der Waals surface area contributed by atoms with Crippen molar-refractivity contribution >= 4 is 46.6 Å². The van der Waals surface area contributed by atoms with E-state index in [0.717, 1.165) is 24.3 Å². The van der Waals surface area contributed by atoms with E-state index in [9.17, 15) is 14.4 Å². The van der Waals surface area contributed by atoms with E-state index in [1.54, 1.807) is 18.0 Å². The predicted octanol–water partition coefficient (Wildman–Crippen LogP) is 3.49. The number of carbonyl (C=O) groups is 3. The van der Waals surface area contributed by atoms with E-state index in [2.05, 4.69) is 21.6 Å². The third kappa shape index (κ3) is 7.11.